The van der Waals surface area contributed by atoms with E-state index in [1.165, 1.54) is 30.3 Å². The normalized spacial score (nSPS) is 27.6. The summed E-state index contributed by atoms with van der Waals surface area (Å²) in [5.41, 5.74) is 0.270. The van der Waals surface area contributed by atoms with Gasteiger partial charge in [-0.05, 0) is 42.0 Å². The Morgan fingerprint density at radius 3 is 2.00 bits per heavy atom. The number of ether oxygens (including phenoxy) is 8. The molecule has 6 rings (SSSR count). The molecule has 0 saturated carbocycles. The molecule has 344 valence electrons. The molecule has 3 heterocycles. The summed E-state index contributed by atoms with van der Waals surface area (Å²) in [5.74, 6) is -8.68. The van der Waals surface area contributed by atoms with Gasteiger partial charge in [-0.1, -0.05) is 12.1 Å². The molecule has 0 aromatic heterocycles. The summed E-state index contributed by atoms with van der Waals surface area (Å²) >= 11 is 0. The molecule has 23 nitrogen and oxygen atoms in total. The molecule has 11 N–H and O–H groups in total. The number of hydrogen-bond donors (Lipinski definition) is 11. The number of aliphatic hydroxyl groups excluding tert-OH is 5. The van der Waals surface area contributed by atoms with E-state index < -0.39 is 134 Å². The highest BCUT2D eigenvalue weighted by atomic mass is 16.7. The lowest BCUT2D eigenvalue weighted by Gasteiger charge is -2.42. The fraction of sp³-hybridized carbons (Fsp3) is 0.366. The predicted octanol–water partition coefficient (Wildman–Crippen LogP) is -0.455. The molecule has 11 atom stereocenters. The molecule has 3 aromatic carbocycles. The van der Waals surface area contributed by atoms with E-state index in [9.17, 15) is 70.2 Å². The minimum Gasteiger partial charge on any atom is -0.508 e. The minimum absolute atomic E-state index is 0.000518. The van der Waals surface area contributed by atoms with E-state index in [1.807, 2.05) is 0 Å². The summed E-state index contributed by atoms with van der Waals surface area (Å²) in [6.45, 7) is -0.512. The smallest absolute Gasteiger partial charge is 0.330 e. The Morgan fingerprint density at radius 2 is 1.34 bits per heavy atom. The van der Waals surface area contributed by atoms with Crippen LogP contribution in [0.5, 0.6) is 40.2 Å². The Bertz CT molecular complexity index is 2250. The number of carbonyl (C=O) groups is 4. The van der Waals surface area contributed by atoms with Crippen molar-refractivity contribution in [3.05, 3.63) is 77.1 Å². The molecule has 1 unspecified atom stereocenters. The minimum atomic E-state index is -2.03. The van der Waals surface area contributed by atoms with Gasteiger partial charge in [0.15, 0.2) is 29.5 Å². The number of fused-ring (bicyclic) bond motifs is 1. The van der Waals surface area contributed by atoms with E-state index in [0.29, 0.717) is 5.56 Å². The molecular formula is C41H42O23. The van der Waals surface area contributed by atoms with Gasteiger partial charge in [-0.15, -0.1) is 0 Å². The third kappa shape index (κ3) is 10.8. The van der Waals surface area contributed by atoms with E-state index in [-0.39, 0.29) is 34.1 Å². The molecule has 2 saturated heterocycles. The van der Waals surface area contributed by atoms with Crippen LogP contribution in [0.3, 0.4) is 0 Å². The summed E-state index contributed by atoms with van der Waals surface area (Å²) in [7, 11) is 0. The lowest BCUT2D eigenvalue weighted by atomic mass is 9.98. The maximum absolute atomic E-state index is 12.5. The number of carbonyl (C=O) groups excluding carboxylic acids is 3. The van der Waals surface area contributed by atoms with Crippen molar-refractivity contribution in [3.63, 3.8) is 0 Å². The molecule has 2 fully saturated rings. The third-order valence-corrected chi connectivity index (χ3v) is 9.78. The predicted molar refractivity (Wildman–Crippen MR) is 207 cm³/mol. The number of carboxylic acid groups (broad SMARTS) is 1. The van der Waals surface area contributed by atoms with E-state index in [4.69, 9.17) is 43.0 Å². The molecular weight excluding hydrogens is 860 g/mol. The Hall–Kier alpha value is -6.86. The molecule has 0 bridgehead atoms. The second-order valence-electron chi connectivity index (χ2n) is 14.5. The first kappa shape index (κ1) is 46.6. The van der Waals surface area contributed by atoms with Crippen LogP contribution in [0, 0.1) is 0 Å². The van der Waals surface area contributed by atoms with Gasteiger partial charge in [0.2, 0.25) is 12.6 Å². The monoisotopic (exact) mass is 902 g/mol. The van der Waals surface area contributed by atoms with Gasteiger partial charge in [0, 0.05) is 30.7 Å². The molecule has 0 aliphatic carbocycles. The number of carboxylic acids is 1. The van der Waals surface area contributed by atoms with Gasteiger partial charge in [-0.2, -0.15) is 0 Å². The first-order valence-electron chi connectivity index (χ1n) is 19.0. The maximum atomic E-state index is 12.5. The lowest BCUT2D eigenvalue weighted by molar-refractivity contribution is -0.294. The molecule has 0 spiro atoms. The fourth-order valence-corrected chi connectivity index (χ4v) is 6.63. The first-order chi connectivity index (χ1) is 30.3. The zero-order valence-corrected chi connectivity index (χ0v) is 33.1. The van der Waals surface area contributed by atoms with E-state index in [2.05, 4.69) is 0 Å². The van der Waals surface area contributed by atoms with E-state index in [0.717, 1.165) is 43.3 Å². The van der Waals surface area contributed by atoms with Crippen LogP contribution in [0.25, 0.3) is 12.2 Å². The molecule has 23 heteroatoms. The Kier molecular flexibility index (Phi) is 14.3. The molecule has 0 radical (unpaired) electrons. The highest BCUT2D eigenvalue weighted by Crippen LogP contribution is 2.48. The molecule has 64 heavy (non-hydrogen) atoms. The van der Waals surface area contributed by atoms with Gasteiger partial charge in [-0.3, -0.25) is 14.4 Å². The number of aliphatic hydroxyl groups is 5. The van der Waals surface area contributed by atoms with Crippen LogP contribution < -0.4 is 9.47 Å². The van der Waals surface area contributed by atoms with Gasteiger partial charge >= 0.3 is 23.9 Å². The Balaban J connectivity index is 1.30. The summed E-state index contributed by atoms with van der Waals surface area (Å²) in [6.07, 6.45) is -17.5. The van der Waals surface area contributed by atoms with Crippen molar-refractivity contribution < 1.29 is 113 Å². The zero-order chi connectivity index (χ0) is 46.6. The van der Waals surface area contributed by atoms with Crippen molar-refractivity contribution in [1.82, 2.24) is 0 Å². The number of esters is 3. The molecule has 3 aliphatic heterocycles. The van der Waals surface area contributed by atoms with Gasteiger partial charge in [0.25, 0.3) is 0 Å². The summed E-state index contributed by atoms with van der Waals surface area (Å²) in [5, 5.41) is 115. The average molecular weight is 903 g/mol. The van der Waals surface area contributed by atoms with Crippen LogP contribution in [0.1, 0.15) is 36.1 Å². The van der Waals surface area contributed by atoms with Gasteiger partial charge in [0.05, 0.1) is 5.56 Å². The molecule has 0 amide bonds. The summed E-state index contributed by atoms with van der Waals surface area (Å²) in [6, 6.07) is 9.80. The number of phenols is 5. The SMILES string of the molecule is CC(=O)O[C@@H]1[C@H](O)[C@@H](O)[C@H](Oc2cc(O)cc3c2C=C(O[C@@H]2O[C@H](COC(=O)/C=C/c4ccc(O)cc4)[C@H](O)[C@@H](O)[C@H]2O)C(c2cc(O)c(O)c(O)c2)O3)O[C@H]1COC(=O)CC(=O)O. The highest BCUT2D eigenvalue weighted by Gasteiger charge is 2.49. The molecule has 3 aliphatic rings. The van der Waals surface area contributed by atoms with Crippen molar-refractivity contribution in [1.29, 1.82) is 0 Å². The Morgan fingerprint density at radius 1 is 0.719 bits per heavy atom. The van der Waals surface area contributed by atoms with Crippen LogP contribution in [0.15, 0.2) is 60.4 Å². The number of aromatic hydroxyl groups is 5. The Labute approximate surface area is 360 Å². The summed E-state index contributed by atoms with van der Waals surface area (Å²) < 4.78 is 44.8. The second kappa shape index (κ2) is 19.7. The fourth-order valence-electron chi connectivity index (χ4n) is 6.63. The standard InChI is InChI=1S/C41H42O23/c1-16(42)59-39-28(15-58-31(50)13-29(47)48)64-41(37(56)35(39)54)61-25-11-20(44)10-24-21(25)12-26(38(60-24)18-8-22(45)32(51)23(46)9-18)62-40-36(55)34(53)33(52)27(63-40)14-57-30(49)7-4-17-2-5-19(43)6-3-17/h2-12,27-28,33-41,43-46,51-56H,13-15H2,1H3,(H,47,48)/b7-4+/t27-,28+,33+,34-,35-,36-,37-,38?,39+,40-,41-/m1/s1. The van der Waals surface area contributed by atoms with Crippen LogP contribution in [-0.2, 0) is 47.6 Å². The number of rotatable bonds is 14. The number of phenolic OH excluding ortho intramolecular Hbond substituents is 5. The number of hydrogen-bond acceptors (Lipinski definition) is 22. The van der Waals surface area contributed by atoms with Gasteiger partial charge < -0.3 is 94.1 Å². The lowest BCUT2D eigenvalue weighted by Crippen LogP contribution is -2.61. The first-order valence-corrected chi connectivity index (χ1v) is 19.0. The average Bonchev–Trinajstić information content (AvgIpc) is 3.23. The van der Waals surface area contributed by atoms with E-state index >= 15 is 0 Å². The van der Waals surface area contributed by atoms with Crippen LogP contribution in [0.4, 0.5) is 0 Å². The molecule has 3 aromatic rings. The number of benzene rings is 3. The van der Waals surface area contributed by atoms with Crippen LogP contribution >= 0.6 is 0 Å². The van der Waals surface area contributed by atoms with Gasteiger partial charge in [0.1, 0.15) is 91.1 Å². The topological polar surface area (TPSA) is 365 Å². The number of aliphatic carboxylic acids is 1. The third-order valence-electron chi connectivity index (χ3n) is 9.78. The highest BCUT2D eigenvalue weighted by molar-refractivity contribution is 5.90. The van der Waals surface area contributed by atoms with Crippen molar-refractivity contribution >= 4 is 36.0 Å². The van der Waals surface area contributed by atoms with E-state index in [1.54, 1.807) is 0 Å². The van der Waals surface area contributed by atoms with Gasteiger partial charge in [-0.25, -0.2) is 4.79 Å². The van der Waals surface area contributed by atoms with Crippen LogP contribution in [-0.4, -0.2) is 155 Å². The van der Waals surface area contributed by atoms with Crippen molar-refractivity contribution in [2.24, 2.45) is 0 Å². The van der Waals surface area contributed by atoms with Crippen molar-refractivity contribution in [3.8, 4) is 40.2 Å². The largest absolute Gasteiger partial charge is 0.508 e. The van der Waals surface area contributed by atoms with Crippen molar-refractivity contribution in [2.45, 2.75) is 80.9 Å². The maximum Gasteiger partial charge on any atom is 0.330 e. The second-order valence-corrected chi connectivity index (χ2v) is 14.5. The van der Waals surface area contributed by atoms with Crippen LogP contribution in [0.2, 0.25) is 0 Å². The van der Waals surface area contributed by atoms with Crippen molar-refractivity contribution in [2.75, 3.05) is 13.2 Å². The zero-order valence-electron chi connectivity index (χ0n) is 33.1. The summed E-state index contributed by atoms with van der Waals surface area (Å²) in [4.78, 5) is 47.4. The quantitative estimate of drug-likeness (QED) is 0.0321.